The predicted molar refractivity (Wildman–Crippen MR) is 100 cm³/mol. The summed E-state index contributed by atoms with van der Waals surface area (Å²) in [5, 5.41) is 15.9. The second kappa shape index (κ2) is 10.4. The number of alkyl halides is 3. The van der Waals surface area contributed by atoms with E-state index in [1.165, 1.54) is 24.3 Å². The Balaban J connectivity index is 1.90. The number of nitrogens with one attached hydrogen (secondary N) is 2. The van der Waals surface area contributed by atoms with Crippen LogP contribution in [0.3, 0.4) is 0 Å². The van der Waals surface area contributed by atoms with Crippen LogP contribution in [0.4, 0.5) is 23.2 Å². The Morgan fingerprint density at radius 2 is 1.68 bits per heavy atom. The van der Waals surface area contributed by atoms with Crippen molar-refractivity contribution >= 4 is 17.5 Å². The summed E-state index contributed by atoms with van der Waals surface area (Å²) in [5.41, 5.74) is -0.520. The third-order valence-electron chi connectivity index (χ3n) is 3.82. The summed E-state index contributed by atoms with van der Waals surface area (Å²) in [6.07, 6.45) is -4.63. The van der Waals surface area contributed by atoms with E-state index in [0.717, 1.165) is 18.2 Å². The Bertz CT molecular complexity index is 949. The number of halogens is 4. The number of ether oxygens (including phenoxy) is 1. The average Bonchev–Trinajstić information content (AvgIpc) is 2.70. The molecule has 0 saturated carbocycles. The third kappa shape index (κ3) is 7.91. The molecule has 0 heterocycles. The summed E-state index contributed by atoms with van der Waals surface area (Å²) >= 11 is 0. The van der Waals surface area contributed by atoms with Gasteiger partial charge in [0.25, 0.3) is 11.6 Å². The lowest BCUT2D eigenvalue weighted by Crippen LogP contribution is -2.35. The largest absolute Gasteiger partial charge is 0.484 e. The molecule has 2 amide bonds. The molecule has 31 heavy (non-hydrogen) atoms. The van der Waals surface area contributed by atoms with Crippen LogP contribution in [0.1, 0.15) is 15.9 Å². The molecular weight excluding hydrogens is 426 g/mol. The van der Waals surface area contributed by atoms with Crippen LogP contribution in [0, 0.1) is 15.9 Å². The zero-order chi connectivity index (χ0) is 23.0. The van der Waals surface area contributed by atoms with Gasteiger partial charge in [0, 0.05) is 19.2 Å². The second-order valence-corrected chi connectivity index (χ2v) is 6.25. The van der Waals surface area contributed by atoms with Crippen molar-refractivity contribution in [2.75, 3.05) is 19.7 Å². The van der Waals surface area contributed by atoms with E-state index in [1.54, 1.807) is 0 Å². The maximum atomic E-state index is 12.8. The molecule has 0 saturated heterocycles. The summed E-state index contributed by atoms with van der Waals surface area (Å²) < 4.78 is 54.2. The zero-order valence-corrected chi connectivity index (χ0v) is 15.9. The summed E-state index contributed by atoms with van der Waals surface area (Å²) in [6.45, 7) is -1.73. The van der Waals surface area contributed by atoms with Gasteiger partial charge in [0.1, 0.15) is 17.1 Å². The lowest BCUT2D eigenvalue weighted by atomic mass is 10.1. The number of benzene rings is 2. The van der Waals surface area contributed by atoms with Crippen molar-refractivity contribution < 1.29 is 36.8 Å². The molecular formula is C19H17F4N3O5. The summed E-state index contributed by atoms with van der Waals surface area (Å²) in [6, 6.07) is 7.98. The predicted octanol–water partition coefficient (Wildman–Crippen LogP) is 2.76. The minimum absolute atomic E-state index is 0.0101. The molecule has 8 nitrogen and oxygen atoms in total. The van der Waals surface area contributed by atoms with Crippen LogP contribution < -0.4 is 15.4 Å². The SMILES string of the molecule is O=C(Cc1ccc(F)cc1)NCCNC(=O)c1cc(OCC(F)(F)F)ccc1[N+](=O)[O-]. The van der Waals surface area contributed by atoms with Gasteiger partial charge in [-0.05, 0) is 29.8 Å². The number of carbonyl (C=O) groups excluding carboxylic acids is 2. The quantitative estimate of drug-likeness (QED) is 0.268. The fraction of sp³-hybridized carbons (Fsp3) is 0.263. The van der Waals surface area contributed by atoms with Crippen molar-refractivity contribution in [3.63, 3.8) is 0 Å². The van der Waals surface area contributed by atoms with Gasteiger partial charge in [-0.2, -0.15) is 13.2 Å². The van der Waals surface area contributed by atoms with Crippen molar-refractivity contribution in [3.8, 4) is 5.75 Å². The fourth-order valence-corrected chi connectivity index (χ4v) is 2.43. The molecule has 12 heteroatoms. The molecule has 2 aromatic carbocycles. The summed E-state index contributed by atoms with van der Waals surface area (Å²) in [7, 11) is 0. The Morgan fingerprint density at radius 1 is 1.03 bits per heavy atom. The molecule has 0 radical (unpaired) electrons. The number of nitrogens with zero attached hydrogens (tertiary/aromatic N) is 1. The van der Waals surface area contributed by atoms with Crippen LogP contribution in [0.15, 0.2) is 42.5 Å². The first-order valence-corrected chi connectivity index (χ1v) is 8.82. The van der Waals surface area contributed by atoms with Gasteiger partial charge in [-0.25, -0.2) is 4.39 Å². The fourth-order valence-electron chi connectivity index (χ4n) is 2.43. The van der Waals surface area contributed by atoms with Gasteiger partial charge in [-0.15, -0.1) is 0 Å². The normalized spacial score (nSPS) is 11.0. The van der Waals surface area contributed by atoms with Crippen molar-refractivity contribution in [2.24, 2.45) is 0 Å². The lowest BCUT2D eigenvalue weighted by Gasteiger charge is -2.11. The van der Waals surface area contributed by atoms with Gasteiger partial charge in [0.2, 0.25) is 5.91 Å². The number of nitro groups is 1. The average molecular weight is 443 g/mol. The molecule has 0 bridgehead atoms. The number of carbonyl (C=O) groups is 2. The molecule has 0 aromatic heterocycles. The number of rotatable bonds is 9. The van der Waals surface area contributed by atoms with E-state index in [9.17, 15) is 37.3 Å². The summed E-state index contributed by atoms with van der Waals surface area (Å²) in [4.78, 5) is 34.3. The highest BCUT2D eigenvalue weighted by Crippen LogP contribution is 2.25. The Labute approximate surface area is 173 Å². The van der Waals surface area contributed by atoms with E-state index in [1.807, 2.05) is 0 Å². The molecule has 2 rings (SSSR count). The van der Waals surface area contributed by atoms with Crippen LogP contribution in [-0.2, 0) is 11.2 Å². The minimum atomic E-state index is -4.61. The van der Waals surface area contributed by atoms with Crippen LogP contribution in [-0.4, -0.2) is 42.6 Å². The number of nitro benzene ring substituents is 1. The Kier molecular flexibility index (Phi) is 7.88. The molecule has 0 aliphatic heterocycles. The third-order valence-corrected chi connectivity index (χ3v) is 3.82. The van der Waals surface area contributed by atoms with E-state index in [0.29, 0.717) is 5.56 Å². The van der Waals surface area contributed by atoms with Gasteiger partial charge >= 0.3 is 6.18 Å². The van der Waals surface area contributed by atoms with Gasteiger partial charge in [0.15, 0.2) is 6.61 Å². The van der Waals surface area contributed by atoms with E-state index in [2.05, 4.69) is 15.4 Å². The standard InChI is InChI=1S/C19H17F4N3O5/c20-13-3-1-12(2-4-13)9-17(27)24-7-8-25-18(28)15-10-14(31-11-19(21,22)23)5-6-16(15)26(29)30/h1-6,10H,7-9,11H2,(H,24,27)(H,25,28). The number of hydrogen-bond acceptors (Lipinski definition) is 5. The molecule has 166 valence electrons. The van der Waals surface area contributed by atoms with E-state index in [4.69, 9.17) is 0 Å². The smallest absolute Gasteiger partial charge is 0.422 e. The molecule has 0 aliphatic carbocycles. The maximum Gasteiger partial charge on any atom is 0.422 e. The van der Waals surface area contributed by atoms with Crippen LogP contribution in [0.5, 0.6) is 5.75 Å². The van der Waals surface area contributed by atoms with Crippen molar-refractivity contribution in [2.45, 2.75) is 12.6 Å². The molecule has 0 fully saturated rings. The Hall–Kier alpha value is -3.70. The molecule has 0 atom stereocenters. The maximum absolute atomic E-state index is 12.8. The van der Waals surface area contributed by atoms with Crippen LogP contribution >= 0.6 is 0 Å². The lowest BCUT2D eigenvalue weighted by molar-refractivity contribution is -0.385. The first-order chi connectivity index (χ1) is 14.5. The molecule has 2 N–H and O–H groups in total. The number of amides is 2. The monoisotopic (exact) mass is 443 g/mol. The van der Waals surface area contributed by atoms with Crippen molar-refractivity contribution in [1.82, 2.24) is 10.6 Å². The highest BCUT2D eigenvalue weighted by molar-refractivity contribution is 5.98. The van der Waals surface area contributed by atoms with Gasteiger partial charge in [-0.1, -0.05) is 12.1 Å². The van der Waals surface area contributed by atoms with Crippen molar-refractivity contribution in [3.05, 3.63) is 69.5 Å². The number of hydrogen-bond donors (Lipinski definition) is 2. The highest BCUT2D eigenvalue weighted by Gasteiger charge is 2.29. The van der Waals surface area contributed by atoms with Crippen LogP contribution in [0.25, 0.3) is 0 Å². The van der Waals surface area contributed by atoms with Gasteiger partial charge in [-0.3, -0.25) is 19.7 Å². The van der Waals surface area contributed by atoms with E-state index in [-0.39, 0.29) is 25.3 Å². The van der Waals surface area contributed by atoms with E-state index < -0.39 is 46.6 Å². The molecule has 0 aliphatic rings. The van der Waals surface area contributed by atoms with E-state index >= 15 is 0 Å². The van der Waals surface area contributed by atoms with Crippen LogP contribution in [0.2, 0.25) is 0 Å². The van der Waals surface area contributed by atoms with Gasteiger partial charge < -0.3 is 15.4 Å². The topological polar surface area (TPSA) is 111 Å². The zero-order valence-electron chi connectivity index (χ0n) is 15.9. The first-order valence-electron chi connectivity index (χ1n) is 8.82. The highest BCUT2D eigenvalue weighted by atomic mass is 19.4. The second-order valence-electron chi connectivity index (χ2n) is 6.25. The minimum Gasteiger partial charge on any atom is -0.484 e. The van der Waals surface area contributed by atoms with Gasteiger partial charge in [0.05, 0.1) is 11.3 Å². The molecule has 0 spiro atoms. The molecule has 0 unspecified atom stereocenters. The summed E-state index contributed by atoms with van der Waals surface area (Å²) in [5.74, 6) is -2.11. The Morgan fingerprint density at radius 3 is 2.29 bits per heavy atom. The van der Waals surface area contributed by atoms with Crippen molar-refractivity contribution in [1.29, 1.82) is 0 Å². The molecule has 2 aromatic rings. The first kappa shape index (κ1) is 23.6.